The van der Waals surface area contributed by atoms with E-state index in [0.29, 0.717) is 11.4 Å². The summed E-state index contributed by atoms with van der Waals surface area (Å²) in [4.78, 5) is 11.1. The highest BCUT2D eigenvalue weighted by Crippen LogP contribution is 2.05. The van der Waals surface area contributed by atoms with E-state index in [1.54, 1.807) is 17.1 Å². The van der Waals surface area contributed by atoms with Gasteiger partial charge in [0.15, 0.2) is 5.65 Å². The third kappa shape index (κ3) is 0.584. The summed E-state index contributed by atoms with van der Waals surface area (Å²) < 4.78 is 1.74. The first-order chi connectivity index (χ1) is 5.93. The molecular weight excluding hydrogens is 156 g/mol. The predicted molar refractivity (Wildman–Crippen MR) is 40.4 cm³/mol. The summed E-state index contributed by atoms with van der Waals surface area (Å²) >= 11 is 0. The molecule has 0 saturated carbocycles. The fourth-order valence-electron chi connectivity index (χ4n) is 1.12. The maximum atomic E-state index is 4.14. The lowest BCUT2D eigenvalue weighted by atomic mass is 10.6. The van der Waals surface area contributed by atoms with Crippen LogP contribution in [0.5, 0.6) is 0 Å². The Bertz CT molecular complexity index is 444. The second-order valence-corrected chi connectivity index (χ2v) is 2.42. The lowest BCUT2D eigenvalue weighted by Gasteiger charge is -1.89. The third-order valence-electron chi connectivity index (χ3n) is 1.68. The maximum Gasteiger partial charge on any atom is 0.256 e. The van der Waals surface area contributed by atoms with Crippen molar-refractivity contribution in [3.8, 4) is 0 Å². The Kier molecular flexibility index (Phi) is 0.840. The van der Waals surface area contributed by atoms with Gasteiger partial charge in [-0.2, -0.15) is 4.98 Å². The molecule has 3 rings (SSSR count). The Labute approximate surface area is 66.3 Å². The SMILES string of the molecule is c1nc2nc3nncn3cc2[nH]1. The molecule has 0 aliphatic rings. The number of aromatic amines is 1. The van der Waals surface area contributed by atoms with E-state index < -0.39 is 0 Å². The summed E-state index contributed by atoms with van der Waals surface area (Å²) in [6, 6.07) is 0. The van der Waals surface area contributed by atoms with Crippen molar-refractivity contribution >= 4 is 16.9 Å². The zero-order valence-electron chi connectivity index (χ0n) is 5.97. The number of H-pyrrole nitrogens is 1. The van der Waals surface area contributed by atoms with Gasteiger partial charge in [0.25, 0.3) is 5.78 Å². The van der Waals surface area contributed by atoms with E-state index in [1.165, 1.54) is 0 Å². The minimum atomic E-state index is 0.564. The molecule has 0 bridgehead atoms. The number of hydrogen-bond acceptors (Lipinski definition) is 4. The summed E-state index contributed by atoms with van der Waals surface area (Å²) in [6.07, 6.45) is 5.05. The Morgan fingerprint density at radius 3 is 3.42 bits per heavy atom. The van der Waals surface area contributed by atoms with Crippen molar-refractivity contribution in [1.82, 2.24) is 29.5 Å². The normalized spacial score (nSPS) is 11.3. The standard InChI is InChI=1S/C6H4N6/c1-4-5(8-2-7-4)10-6-11-9-3-12(1)6/h1-3H,(H,7,8,10,11). The molecule has 0 aliphatic carbocycles. The first kappa shape index (κ1) is 5.64. The van der Waals surface area contributed by atoms with Gasteiger partial charge in [0.1, 0.15) is 11.8 Å². The topological polar surface area (TPSA) is 71.8 Å². The molecule has 3 heterocycles. The van der Waals surface area contributed by atoms with Gasteiger partial charge in [-0.25, -0.2) is 4.98 Å². The summed E-state index contributed by atoms with van der Waals surface area (Å²) in [5.74, 6) is 0.564. The largest absolute Gasteiger partial charge is 0.342 e. The number of nitrogens with one attached hydrogen (secondary N) is 1. The molecule has 0 saturated heterocycles. The molecule has 6 nitrogen and oxygen atoms in total. The highest BCUT2D eigenvalue weighted by Gasteiger charge is 2.01. The van der Waals surface area contributed by atoms with Crippen LogP contribution in [0.25, 0.3) is 16.9 Å². The van der Waals surface area contributed by atoms with Crippen molar-refractivity contribution in [3.05, 3.63) is 18.9 Å². The fourth-order valence-corrected chi connectivity index (χ4v) is 1.12. The van der Waals surface area contributed by atoms with E-state index in [0.717, 1.165) is 5.52 Å². The van der Waals surface area contributed by atoms with E-state index in [-0.39, 0.29) is 0 Å². The second-order valence-electron chi connectivity index (χ2n) is 2.42. The molecule has 1 N–H and O–H groups in total. The van der Waals surface area contributed by atoms with Gasteiger partial charge in [-0.05, 0) is 0 Å². The quantitative estimate of drug-likeness (QED) is 0.502. The minimum absolute atomic E-state index is 0.564. The first-order valence-corrected chi connectivity index (χ1v) is 3.43. The summed E-state index contributed by atoms with van der Waals surface area (Å²) in [7, 11) is 0. The average molecular weight is 160 g/mol. The molecule has 0 atom stereocenters. The Morgan fingerprint density at radius 2 is 2.42 bits per heavy atom. The van der Waals surface area contributed by atoms with Crippen molar-refractivity contribution < 1.29 is 0 Å². The molecular formula is C6H4N6. The highest BCUT2D eigenvalue weighted by atomic mass is 15.3. The smallest absolute Gasteiger partial charge is 0.256 e. The van der Waals surface area contributed by atoms with Crippen LogP contribution in [0.15, 0.2) is 18.9 Å². The van der Waals surface area contributed by atoms with Crippen LogP contribution in [-0.2, 0) is 0 Å². The number of imidazole rings is 1. The van der Waals surface area contributed by atoms with Gasteiger partial charge in [-0.3, -0.25) is 4.40 Å². The number of fused-ring (bicyclic) bond motifs is 2. The van der Waals surface area contributed by atoms with Crippen LogP contribution in [0.3, 0.4) is 0 Å². The van der Waals surface area contributed by atoms with Gasteiger partial charge < -0.3 is 4.98 Å². The maximum absolute atomic E-state index is 4.14. The molecule has 0 radical (unpaired) electrons. The van der Waals surface area contributed by atoms with Crippen LogP contribution < -0.4 is 0 Å². The Morgan fingerprint density at radius 1 is 1.42 bits per heavy atom. The van der Waals surface area contributed by atoms with Gasteiger partial charge >= 0.3 is 0 Å². The zero-order chi connectivity index (χ0) is 7.97. The van der Waals surface area contributed by atoms with Crippen molar-refractivity contribution in [2.45, 2.75) is 0 Å². The van der Waals surface area contributed by atoms with Crippen molar-refractivity contribution in [1.29, 1.82) is 0 Å². The molecule has 0 fully saturated rings. The van der Waals surface area contributed by atoms with E-state index in [2.05, 4.69) is 25.1 Å². The molecule has 0 aromatic carbocycles. The number of aromatic nitrogens is 6. The van der Waals surface area contributed by atoms with Gasteiger partial charge in [0.2, 0.25) is 0 Å². The van der Waals surface area contributed by atoms with Crippen LogP contribution in [0.4, 0.5) is 0 Å². The van der Waals surface area contributed by atoms with Crippen LogP contribution >= 0.6 is 0 Å². The van der Waals surface area contributed by atoms with Crippen LogP contribution in [0.2, 0.25) is 0 Å². The lowest BCUT2D eigenvalue weighted by Crippen LogP contribution is -1.87. The molecule has 3 aromatic rings. The molecule has 0 spiro atoms. The zero-order valence-corrected chi connectivity index (χ0v) is 5.97. The fraction of sp³-hybridized carbons (Fsp3) is 0. The first-order valence-electron chi connectivity index (χ1n) is 3.43. The Hall–Kier alpha value is -1.98. The number of rotatable bonds is 0. The van der Waals surface area contributed by atoms with Crippen LogP contribution in [0.1, 0.15) is 0 Å². The van der Waals surface area contributed by atoms with E-state index >= 15 is 0 Å². The average Bonchev–Trinajstić information content (AvgIpc) is 2.64. The van der Waals surface area contributed by atoms with Crippen molar-refractivity contribution in [3.63, 3.8) is 0 Å². The van der Waals surface area contributed by atoms with Gasteiger partial charge in [-0.15, -0.1) is 10.2 Å². The van der Waals surface area contributed by atoms with Crippen molar-refractivity contribution in [2.75, 3.05) is 0 Å². The lowest BCUT2D eigenvalue weighted by molar-refractivity contribution is 1.10. The molecule has 58 valence electrons. The van der Waals surface area contributed by atoms with Crippen LogP contribution in [-0.4, -0.2) is 29.5 Å². The van der Waals surface area contributed by atoms with E-state index in [4.69, 9.17) is 0 Å². The second kappa shape index (κ2) is 1.79. The van der Waals surface area contributed by atoms with E-state index in [1.807, 2.05) is 6.20 Å². The van der Waals surface area contributed by atoms with Crippen molar-refractivity contribution in [2.24, 2.45) is 0 Å². The molecule has 0 amide bonds. The third-order valence-corrected chi connectivity index (χ3v) is 1.68. The molecule has 0 unspecified atom stereocenters. The van der Waals surface area contributed by atoms with Gasteiger partial charge in [0, 0.05) is 6.20 Å². The summed E-state index contributed by atoms with van der Waals surface area (Å²) in [5, 5.41) is 7.51. The van der Waals surface area contributed by atoms with E-state index in [9.17, 15) is 0 Å². The highest BCUT2D eigenvalue weighted by molar-refractivity contribution is 5.70. The molecule has 12 heavy (non-hydrogen) atoms. The van der Waals surface area contributed by atoms with Gasteiger partial charge in [0.05, 0.1) is 6.33 Å². The minimum Gasteiger partial charge on any atom is -0.342 e. The monoisotopic (exact) mass is 160 g/mol. The van der Waals surface area contributed by atoms with Crippen LogP contribution in [0, 0.1) is 0 Å². The predicted octanol–water partition coefficient (Wildman–Crippen LogP) is 0.000600. The summed E-state index contributed by atoms with van der Waals surface area (Å²) in [6.45, 7) is 0. The number of hydrogen-bond donors (Lipinski definition) is 1. The number of nitrogens with zero attached hydrogens (tertiary/aromatic N) is 5. The molecule has 0 aliphatic heterocycles. The summed E-state index contributed by atoms with van der Waals surface area (Å²) in [5.41, 5.74) is 1.54. The Balaban J connectivity index is 2.62. The molecule has 6 heteroatoms. The van der Waals surface area contributed by atoms with Gasteiger partial charge in [-0.1, -0.05) is 0 Å². The molecule has 3 aromatic heterocycles.